The number of likely N-dealkylation sites (tertiary alicyclic amines) is 1. The molecular weight excluding hydrogens is 562 g/mol. The van der Waals surface area contributed by atoms with Crippen LogP contribution in [-0.2, 0) is 30.5 Å². The second kappa shape index (κ2) is 18.9. The summed E-state index contributed by atoms with van der Waals surface area (Å²) in [7, 11) is 0. The number of rotatable bonds is 17. The number of allylic oxidation sites excluding steroid dienone is 1. The number of hydrogen-bond donors (Lipinski definition) is 3. The Morgan fingerprint density at radius 3 is 2.36 bits per heavy atom. The zero-order valence-corrected chi connectivity index (χ0v) is 25.8. The molecule has 1 heterocycles. The molecule has 2 fully saturated rings. The third kappa shape index (κ3) is 11.4. The molecule has 0 spiro atoms. The summed E-state index contributed by atoms with van der Waals surface area (Å²) in [6.07, 6.45) is 10.6. The molecule has 1 aromatic carbocycles. The topological polar surface area (TPSA) is 134 Å². The van der Waals surface area contributed by atoms with Gasteiger partial charge in [0.15, 0.2) is 0 Å². The SMILES string of the molecule is C=CCC(CC(=O)N1CCCC1CO)C(=O)NC(COC(=O)C(CC=C)NC(=O)OCc1ccccc1)CC1CCCCC1. The summed E-state index contributed by atoms with van der Waals surface area (Å²) in [4.78, 5) is 53.7. The van der Waals surface area contributed by atoms with Gasteiger partial charge in [0.2, 0.25) is 11.8 Å². The van der Waals surface area contributed by atoms with Gasteiger partial charge in [-0.1, -0.05) is 74.6 Å². The number of esters is 1. The first-order valence-electron chi connectivity index (χ1n) is 15.9. The van der Waals surface area contributed by atoms with Gasteiger partial charge in [-0.25, -0.2) is 9.59 Å². The van der Waals surface area contributed by atoms with E-state index in [2.05, 4.69) is 23.8 Å². The van der Waals surface area contributed by atoms with Crippen LogP contribution in [0.3, 0.4) is 0 Å². The predicted octanol–water partition coefficient (Wildman–Crippen LogP) is 4.42. The average molecular weight is 612 g/mol. The molecule has 2 aliphatic rings. The van der Waals surface area contributed by atoms with Crippen molar-refractivity contribution in [2.24, 2.45) is 11.8 Å². The number of carbonyl (C=O) groups is 4. The normalized spacial score (nSPS) is 18.8. The summed E-state index contributed by atoms with van der Waals surface area (Å²) in [5.74, 6) is -1.33. The van der Waals surface area contributed by atoms with Gasteiger partial charge in [0.1, 0.15) is 19.3 Å². The first-order chi connectivity index (χ1) is 21.3. The number of aliphatic hydroxyl groups excluding tert-OH is 1. The van der Waals surface area contributed by atoms with Crippen molar-refractivity contribution in [3.05, 3.63) is 61.2 Å². The van der Waals surface area contributed by atoms with E-state index in [9.17, 15) is 24.3 Å². The van der Waals surface area contributed by atoms with E-state index in [-0.39, 0.29) is 50.5 Å². The molecule has 3 N–H and O–H groups in total. The van der Waals surface area contributed by atoms with Crippen LogP contribution in [0.5, 0.6) is 0 Å². The van der Waals surface area contributed by atoms with E-state index in [1.54, 1.807) is 11.0 Å². The molecule has 3 amide bonds. The number of carbonyl (C=O) groups excluding carboxylic acids is 4. The van der Waals surface area contributed by atoms with Crippen molar-refractivity contribution in [1.29, 1.82) is 0 Å². The zero-order chi connectivity index (χ0) is 31.7. The highest BCUT2D eigenvalue weighted by Crippen LogP contribution is 2.28. The molecule has 1 saturated heterocycles. The van der Waals surface area contributed by atoms with Crippen LogP contribution in [0, 0.1) is 11.8 Å². The number of aliphatic hydroxyl groups is 1. The molecule has 3 rings (SSSR count). The summed E-state index contributed by atoms with van der Waals surface area (Å²) >= 11 is 0. The standard InChI is InChI=1S/C34H49N3O7/c1-3-12-27(21-31(39)37-19-11-18-29(37)22-38)32(40)35-28(20-25-14-7-5-8-15-25)24-43-33(41)30(13-4-2)36-34(42)44-23-26-16-9-6-10-17-26/h3-4,6,9-10,16-17,25,27-30,38H,1-2,5,7-8,11-15,18-24H2,(H,35,40)(H,36,42). The van der Waals surface area contributed by atoms with E-state index in [1.807, 2.05) is 30.3 Å². The van der Waals surface area contributed by atoms with Crippen LogP contribution in [-0.4, -0.2) is 71.8 Å². The lowest BCUT2D eigenvalue weighted by molar-refractivity contribution is -0.147. The number of hydrogen-bond acceptors (Lipinski definition) is 7. The Balaban J connectivity index is 1.61. The first kappa shape index (κ1) is 34.8. The number of benzene rings is 1. The number of nitrogens with one attached hydrogen (secondary N) is 2. The molecule has 1 aliphatic carbocycles. The second-order valence-electron chi connectivity index (χ2n) is 11.8. The average Bonchev–Trinajstić information content (AvgIpc) is 3.52. The Kier molecular flexibility index (Phi) is 14.9. The van der Waals surface area contributed by atoms with Crippen LogP contribution in [0.25, 0.3) is 0 Å². The lowest BCUT2D eigenvalue weighted by Gasteiger charge is -2.29. The highest BCUT2D eigenvalue weighted by molar-refractivity contribution is 5.86. The minimum absolute atomic E-state index is 0.0146. The van der Waals surface area contributed by atoms with Gasteiger partial charge < -0.3 is 30.1 Å². The Labute approximate surface area is 261 Å². The maximum Gasteiger partial charge on any atom is 0.408 e. The largest absolute Gasteiger partial charge is 0.462 e. The van der Waals surface area contributed by atoms with Crippen LogP contribution in [0.4, 0.5) is 4.79 Å². The summed E-state index contributed by atoms with van der Waals surface area (Å²) in [5.41, 5.74) is 0.817. The van der Waals surface area contributed by atoms with Crippen LogP contribution in [0.2, 0.25) is 0 Å². The molecule has 242 valence electrons. The van der Waals surface area contributed by atoms with Gasteiger partial charge in [-0.2, -0.15) is 0 Å². The smallest absolute Gasteiger partial charge is 0.408 e. The Hall–Kier alpha value is -3.66. The first-order valence-corrected chi connectivity index (χ1v) is 15.9. The maximum atomic E-state index is 13.5. The van der Waals surface area contributed by atoms with Crippen LogP contribution >= 0.6 is 0 Å². The van der Waals surface area contributed by atoms with Gasteiger partial charge >= 0.3 is 12.1 Å². The quantitative estimate of drug-likeness (QED) is 0.175. The minimum atomic E-state index is -0.993. The molecule has 0 radical (unpaired) electrons. The fraction of sp³-hybridized carbons (Fsp3) is 0.588. The summed E-state index contributed by atoms with van der Waals surface area (Å²) in [5, 5.41) is 15.3. The summed E-state index contributed by atoms with van der Waals surface area (Å²) < 4.78 is 10.9. The zero-order valence-electron chi connectivity index (χ0n) is 25.8. The third-order valence-corrected chi connectivity index (χ3v) is 8.46. The molecule has 0 aromatic heterocycles. The van der Waals surface area contributed by atoms with Crippen molar-refractivity contribution in [3.8, 4) is 0 Å². The molecule has 10 nitrogen and oxygen atoms in total. The maximum absolute atomic E-state index is 13.5. The van der Waals surface area contributed by atoms with E-state index in [1.165, 1.54) is 12.5 Å². The molecule has 1 saturated carbocycles. The molecule has 44 heavy (non-hydrogen) atoms. The van der Waals surface area contributed by atoms with E-state index >= 15 is 0 Å². The molecule has 0 bridgehead atoms. The van der Waals surface area contributed by atoms with Crippen molar-refractivity contribution in [3.63, 3.8) is 0 Å². The molecular formula is C34H49N3O7. The third-order valence-electron chi connectivity index (χ3n) is 8.46. The number of ether oxygens (including phenoxy) is 2. The van der Waals surface area contributed by atoms with Gasteiger partial charge in [-0.3, -0.25) is 9.59 Å². The van der Waals surface area contributed by atoms with Crippen LogP contribution in [0.1, 0.15) is 76.2 Å². The monoisotopic (exact) mass is 611 g/mol. The fourth-order valence-electron chi connectivity index (χ4n) is 6.05. The summed E-state index contributed by atoms with van der Waals surface area (Å²) in [6.45, 7) is 7.94. The minimum Gasteiger partial charge on any atom is -0.462 e. The van der Waals surface area contributed by atoms with Crippen LogP contribution in [0.15, 0.2) is 55.6 Å². The van der Waals surface area contributed by atoms with Crippen molar-refractivity contribution in [2.75, 3.05) is 19.8 Å². The molecule has 1 aromatic rings. The van der Waals surface area contributed by atoms with Crippen molar-refractivity contribution < 1.29 is 33.8 Å². The van der Waals surface area contributed by atoms with Gasteiger partial charge in [-0.15, -0.1) is 13.2 Å². The Morgan fingerprint density at radius 2 is 1.68 bits per heavy atom. The number of nitrogens with zero attached hydrogens (tertiary/aromatic N) is 1. The van der Waals surface area contributed by atoms with E-state index in [0.717, 1.165) is 44.1 Å². The number of alkyl carbamates (subject to hydrolysis) is 1. The van der Waals surface area contributed by atoms with E-state index in [0.29, 0.717) is 25.3 Å². The van der Waals surface area contributed by atoms with Crippen molar-refractivity contribution in [2.45, 2.75) is 95.4 Å². The lowest BCUT2D eigenvalue weighted by Crippen LogP contribution is -2.47. The number of amides is 3. The molecule has 1 aliphatic heterocycles. The lowest BCUT2D eigenvalue weighted by atomic mass is 9.84. The Bertz CT molecular complexity index is 1090. The molecule has 4 unspecified atom stereocenters. The molecule has 10 heteroatoms. The van der Waals surface area contributed by atoms with E-state index < -0.39 is 30.1 Å². The van der Waals surface area contributed by atoms with E-state index in [4.69, 9.17) is 9.47 Å². The van der Waals surface area contributed by atoms with Crippen molar-refractivity contribution >= 4 is 23.9 Å². The van der Waals surface area contributed by atoms with Gasteiger partial charge in [0, 0.05) is 13.0 Å². The highest BCUT2D eigenvalue weighted by atomic mass is 16.6. The molecule has 4 atom stereocenters. The Morgan fingerprint density at radius 1 is 0.955 bits per heavy atom. The van der Waals surface area contributed by atoms with Gasteiger partial charge in [0.05, 0.1) is 24.6 Å². The predicted molar refractivity (Wildman–Crippen MR) is 167 cm³/mol. The highest BCUT2D eigenvalue weighted by Gasteiger charge is 2.32. The van der Waals surface area contributed by atoms with Crippen LogP contribution < -0.4 is 10.6 Å². The van der Waals surface area contributed by atoms with Gasteiger partial charge in [0.25, 0.3) is 0 Å². The second-order valence-corrected chi connectivity index (χ2v) is 11.8. The summed E-state index contributed by atoms with van der Waals surface area (Å²) in [6, 6.07) is 7.56. The van der Waals surface area contributed by atoms with Gasteiger partial charge in [-0.05, 0) is 43.6 Å². The fourth-order valence-corrected chi connectivity index (χ4v) is 6.05. The van der Waals surface area contributed by atoms with Crippen molar-refractivity contribution in [1.82, 2.24) is 15.5 Å².